The molecule has 0 unspecified atom stereocenters. The van der Waals surface area contributed by atoms with E-state index in [0.29, 0.717) is 17.8 Å². The summed E-state index contributed by atoms with van der Waals surface area (Å²) < 4.78 is 0. The average molecular weight is 225 g/mol. The third-order valence-corrected chi connectivity index (χ3v) is 2.97. The lowest BCUT2D eigenvalue weighted by molar-refractivity contribution is 0.362. The van der Waals surface area contributed by atoms with E-state index < -0.39 is 0 Å². The van der Waals surface area contributed by atoms with E-state index in [-0.39, 0.29) is 5.11 Å². The Balaban J connectivity index is 2.61. The van der Waals surface area contributed by atoms with Crippen LogP contribution >= 0.6 is 12.2 Å². The fourth-order valence-electron chi connectivity index (χ4n) is 2.26. The molecule has 15 heavy (non-hydrogen) atoms. The number of thiocarbonyl (C=S) groups is 1. The van der Waals surface area contributed by atoms with Gasteiger partial charge in [0.25, 0.3) is 0 Å². The average Bonchev–Trinajstić information content (AvgIpc) is 2.08. The Hall–Kier alpha value is -0.900. The number of nitrogens with two attached hydrogens (primary N) is 1. The SMILES string of the molecule is CC1=C[C@H](C)[C@@H](/C=N\NC(N)=S)[C@H](C)C1. The van der Waals surface area contributed by atoms with Crippen molar-refractivity contribution in [2.24, 2.45) is 28.6 Å². The van der Waals surface area contributed by atoms with Gasteiger partial charge in [0, 0.05) is 12.1 Å². The zero-order valence-corrected chi connectivity index (χ0v) is 10.3. The van der Waals surface area contributed by atoms with E-state index in [1.807, 2.05) is 6.21 Å². The molecule has 0 heterocycles. The van der Waals surface area contributed by atoms with Gasteiger partial charge in [-0.1, -0.05) is 25.5 Å². The van der Waals surface area contributed by atoms with Crippen molar-refractivity contribution in [1.82, 2.24) is 5.43 Å². The fraction of sp³-hybridized carbons (Fsp3) is 0.636. The second kappa shape index (κ2) is 5.26. The molecule has 0 aliphatic heterocycles. The summed E-state index contributed by atoms with van der Waals surface area (Å²) >= 11 is 4.68. The Morgan fingerprint density at radius 3 is 2.87 bits per heavy atom. The third kappa shape index (κ3) is 3.63. The maximum atomic E-state index is 5.29. The highest BCUT2D eigenvalue weighted by Gasteiger charge is 2.25. The lowest BCUT2D eigenvalue weighted by Gasteiger charge is -2.29. The molecule has 4 heteroatoms. The molecule has 3 nitrogen and oxygen atoms in total. The summed E-state index contributed by atoms with van der Waals surface area (Å²) in [7, 11) is 0. The number of hydrogen-bond donors (Lipinski definition) is 2. The molecule has 1 aliphatic carbocycles. The molecular formula is C11H19N3S. The van der Waals surface area contributed by atoms with E-state index in [4.69, 9.17) is 5.73 Å². The van der Waals surface area contributed by atoms with E-state index in [1.165, 1.54) is 5.57 Å². The standard InChI is InChI=1S/C11H19N3S/c1-7-4-8(2)10(9(3)5-7)6-13-14-11(12)15/h4,6,8-10H,5H2,1-3H3,(H3,12,14,15)/b13-6-/t8-,9+,10+/m0/s1. The molecule has 3 atom stereocenters. The van der Waals surface area contributed by atoms with Crippen LogP contribution in [0.2, 0.25) is 0 Å². The Labute approximate surface area is 96.8 Å². The van der Waals surface area contributed by atoms with Gasteiger partial charge in [-0.05, 0) is 37.4 Å². The molecule has 0 spiro atoms. The normalized spacial score (nSPS) is 31.4. The molecule has 0 saturated carbocycles. The van der Waals surface area contributed by atoms with Gasteiger partial charge < -0.3 is 5.73 Å². The number of nitrogens with zero attached hydrogens (tertiary/aromatic N) is 1. The minimum Gasteiger partial charge on any atom is -0.375 e. The van der Waals surface area contributed by atoms with Crippen molar-refractivity contribution in [2.75, 3.05) is 0 Å². The minimum atomic E-state index is 0.217. The Bertz CT molecular complexity index is 296. The Kier molecular flexibility index (Phi) is 4.27. The maximum Gasteiger partial charge on any atom is 0.184 e. The van der Waals surface area contributed by atoms with Crippen LogP contribution in [0.1, 0.15) is 27.2 Å². The summed E-state index contributed by atoms with van der Waals surface area (Å²) in [6.07, 6.45) is 5.39. The van der Waals surface area contributed by atoms with Crippen LogP contribution < -0.4 is 11.2 Å². The molecule has 0 fully saturated rings. The van der Waals surface area contributed by atoms with Crippen molar-refractivity contribution in [3.05, 3.63) is 11.6 Å². The van der Waals surface area contributed by atoms with Gasteiger partial charge >= 0.3 is 0 Å². The number of nitrogens with one attached hydrogen (secondary N) is 1. The monoisotopic (exact) mass is 225 g/mol. The highest BCUT2D eigenvalue weighted by molar-refractivity contribution is 7.80. The van der Waals surface area contributed by atoms with Gasteiger partial charge in [0.1, 0.15) is 0 Å². The molecule has 0 aromatic heterocycles. The zero-order valence-electron chi connectivity index (χ0n) is 9.53. The van der Waals surface area contributed by atoms with Gasteiger partial charge in [-0.25, -0.2) is 0 Å². The first-order valence-corrected chi connectivity index (χ1v) is 5.67. The molecule has 0 amide bonds. The highest BCUT2D eigenvalue weighted by atomic mass is 32.1. The van der Waals surface area contributed by atoms with Gasteiger partial charge in [-0.15, -0.1) is 0 Å². The van der Waals surface area contributed by atoms with Crippen molar-refractivity contribution < 1.29 is 0 Å². The van der Waals surface area contributed by atoms with Gasteiger partial charge in [0.2, 0.25) is 0 Å². The molecule has 1 rings (SSSR count). The Morgan fingerprint density at radius 1 is 1.67 bits per heavy atom. The first-order chi connectivity index (χ1) is 7.00. The van der Waals surface area contributed by atoms with Crippen molar-refractivity contribution in [3.8, 4) is 0 Å². The van der Waals surface area contributed by atoms with E-state index >= 15 is 0 Å². The van der Waals surface area contributed by atoms with Crippen LogP contribution in [0.15, 0.2) is 16.8 Å². The summed E-state index contributed by atoms with van der Waals surface area (Å²) in [5, 5.41) is 4.27. The van der Waals surface area contributed by atoms with E-state index in [9.17, 15) is 0 Å². The first-order valence-electron chi connectivity index (χ1n) is 5.26. The zero-order chi connectivity index (χ0) is 11.4. The van der Waals surface area contributed by atoms with Crippen LogP contribution in [0.5, 0.6) is 0 Å². The maximum absolute atomic E-state index is 5.29. The first kappa shape index (κ1) is 12.2. The van der Waals surface area contributed by atoms with Crippen LogP contribution in [0.3, 0.4) is 0 Å². The van der Waals surface area contributed by atoms with Crippen molar-refractivity contribution >= 4 is 23.5 Å². The Morgan fingerprint density at radius 2 is 2.33 bits per heavy atom. The second-order valence-corrected chi connectivity index (χ2v) is 4.82. The predicted molar refractivity (Wildman–Crippen MR) is 68.6 cm³/mol. The summed E-state index contributed by atoms with van der Waals surface area (Å²) in [5.41, 5.74) is 9.37. The molecule has 1 aliphatic rings. The summed E-state index contributed by atoms with van der Waals surface area (Å²) in [6, 6.07) is 0. The number of hydrogen-bond acceptors (Lipinski definition) is 2. The van der Waals surface area contributed by atoms with Gasteiger partial charge in [-0.3, -0.25) is 5.43 Å². The molecule has 84 valence electrons. The quantitative estimate of drug-likeness (QED) is 0.327. The predicted octanol–water partition coefficient (Wildman–Crippen LogP) is 2.04. The van der Waals surface area contributed by atoms with E-state index in [1.54, 1.807) is 0 Å². The van der Waals surface area contributed by atoms with Crippen molar-refractivity contribution in [2.45, 2.75) is 27.2 Å². The lowest BCUT2D eigenvalue weighted by Crippen LogP contribution is -2.28. The van der Waals surface area contributed by atoms with Crippen LogP contribution in [-0.4, -0.2) is 11.3 Å². The van der Waals surface area contributed by atoms with Crippen LogP contribution in [0.25, 0.3) is 0 Å². The summed E-state index contributed by atoms with van der Waals surface area (Å²) in [4.78, 5) is 0. The third-order valence-electron chi connectivity index (χ3n) is 2.88. The summed E-state index contributed by atoms with van der Waals surface area (Å²) in [5.74, 6) is 1.63. The number of hydrazone groups is 1. The molecule has 0 bridgehead atoms. The van der Waals surface area contributed by atoms with Gasteiger partial charge in [0.15, 0.2) is 5.11 Å². The second-order valence-electron chi connectivity index (χ2n) is 4.39. The van der Waals surface area contributed by atoms with E-state index in [2.05, 4.69) is 49.6 Å². The fourth-order valence-corrected chi connectivity index (χ4v) is 2.31. The van der Waals surface area contributed by atoms with Gasteiger partial charge in [-0.2, -0.15) is 5.10 Å². The molecule has 0 aromatic carbocycles. The van der Waals surface area contributed by atoms with Crippen LogP contribution in [0, 0.1) is 17.8 Å². The van der Waals surface area contributed by atoms with Crippen molar-refractivity contribution in [3.63, 3.8) is 0 Å². The molecule has 0 saturated heterocycles. The van der Waals surface area contributed by atoms with E-state index in [0.717, 1.165) is 6.42 Å². The molecule has 0 radical (unpaired) electrons. The largest absolute Gasteiger partial charge is 0.375 e. The molecular weight excluding hydrogens is 206 g/mol. The minimum absolute atomic E-state index is 0.217. The number of allylic oxidation sites excluding steroid dienone is 2. The molecule has 3 N–H and O–H groups in total. The highest BCUT2D eigenvalue weighted by Crippen LogP contribution is 2.31. The lowest BCUT2D eigenvalue weighted by atomic mass is 9.76. The van der Waals surface area contributed by atoms with Crippen LogP contribution in [0.4, 0.5) is 0 Å². The summed E-state index contributed by atoms with van der Waals surface area (Å²) in [6.45, 7) is 6.66. The topological polar surface area (TPSA) is 50.4 Å². The molecule has 0 aromatic rings. The smallest absolute Gasteiger partial charge is 0.184 e. The number of rotatable bonds is 2. The van der Waals surface area contributed by atoms with Crippen LogP contribution in [-0.2, 0) is 0 Å². The van der Waals surface area contributed by atoms with Gasteiger partial charge in [0.05, 0.1) is 0 Å². The van der Waals surface area contributed by atoms with Crippen molar-refractivity contribution in [1.29, 1.82) is 0 Å².